The summed E-state index contributed by atoms with van der Waals surface area (Å²) in [6.45, 7) is 3.73. The van der Waals surface area contributed by atoms with E-state index in [-0.39, 0.29) is 11.3 Å². The quantitative estimate of drug-likeness (QED) is 0.782. The number of aryl methyl sites for hydroxylation is 1. The molecule has 2 fully saturated rings. The van der Waals surface area contributed by atoms with E-state index in [0.29, 0.717) is 12.5 Å². The lowest BCUT2D eigenvalue weighted by Crippen LogP contribution is -2.50. The number of likely N-dealkylation sites (tertiary alicyclic amines) is 2. The van der Waals surface area contributed by atoms with Crippen LogP contribution in [0.1, 0.15) is 31.2 Å². The van der Waals surface area contributed by atoms with Crippen LogP contribution in [0, 0.1) is 5.41 Å². The highest BCUT2D eigenvalue weighted by Gasteiger charge is 2.48. The van der Waals surface area contributed by atoms with Gasteiger partial charge >= 0.3 is 0 Å². The fraction of sp³-hybridized carbons (Fsp3) is 0.619. The standard InChI is InChI=1S/C21H31N3O2/c1-22(2)19(25)16-23-15-12-21(17-23)11-7-14-24(20(21)26)13-6-10-18-8-4-3-5-9-18/h3-5,8-9H,6-7,10-17H2,1-2H3/t21-/m0/s1. The lowest BCUT2D eigenvalue weighted by molar-refractivity contribution is -0.146. The molecule has 0 unspecified atom stereocenters. The van der Waals surface area contributed by atoms with Crippen LogP contribution < -0.4 is 0 Å². The largest absolute Gasteiger partial charge is 0.348 e. The van der Waals surface area contributed by atoms with E-state index >= 15 is 0 Å². The maximum atomic E-state index is 13.2. The molecule has 26 heavy (non-hydrogen) atoms. The number of rotatable bonds is 6. The molecule has 3 rings (SSSR count). The normalized spacial score (nSPS) is 23.6. The van der Waals surface area contributed by atoms with Gasteiger partial charge in [0.05, 0.1) is 12.0 Å². The Labute approximate surface area is 156 Å². The zero-order valence-electron chi connectivity index (χ0n) is 16.1. The Hall–Kier alpha value is -1.88. The molecule has 0 aromatic heterocycles. The van der Waals surface area contributed by atoms with Gasteiger partial charge in [0.1, 0.15) is 0 Å². The molecule has 0 radical (unpaired) electrons. The predicted molar refractivity (Wildman–Crippen MR) is 103 cm³/mol. The molecule has 2 aliphatic heterocycles. The van der Waals surface area contributed by atoms with Crippen LogP contribution in [0.25, 0.3) is 0 Å². The maximum absolute atomic E-state index is 13.2. The third kappa shape index (κ3) is 4.26. The Kier molecular flexibility index (Phi) is 5.97. The van der Waals surface area contributed by atoms with Gasteiger partial charge in [0, 0.05) is 33.7 Å². The van der Waals surface area contributed by atoms with Gasteiger partial charge in [-0.05, 0) is 44.2 Å². The number of carbonyl (C=O) groups excluding carboxylic acids is 2. The van der Waals surface area contributed by atoms with Gasteiger partial charge in [-0.15, -0.1) is 0 Å². The number of nitrogens with zero attached hydrogens (tertiary/aromatic N) is 3. The van der Waals surface area contributed by atoms with Crippen LogP contribution >= 0.6 is 0 Å². The lowest BCUT2D eigenvalue weighted by atomic mass is 9.78. The van der Waals surface area contributed by atoms with Gasteiger partial charge in [0.15, 0.2) is 0 Å². The molecule has 0 aliphatic carbocycles. The van der Waals surface area contributed by atoms with E-state index in [4.69, 9.17) is 0 Å². The second kappa shape index (κ2) is 8.21. The fourth-order valence-corrected chi connectivity index (χ4v) is 4.29. The third-order valence-electron chi connectivity index (χ3n) is 5.85. The molecular weight excluding hydrogens is 326 g/mol. The first kappa shape index (κ1) is 18.9. The Balaban J connectivity index is 1.53. The van der Waals surface area contributed by atoms with Gasteiger partial charge in [0.2, 0.25) is 11.8 Å². The summed E-state index contributed by atoms with van der Waals surface area (Å²) in [7, 11) is 3.57. The van der Waals surface area contributed by atoms with Crippen LogP contribution in [0.5, 0.6) is 0 Å². The fourth-order valence-electron chi connectivity index (χ4n) is 4.29. The number of likely N-dealkylation sites (N-methyl/N-ethyl adjacent to an activating group) is 1. The van der Waals surface area contributed by atoms with Crippen molar-refractivity contribution in [2.45, 2.75) is 32.1 Å². The van der Waals surface area contributed by atoms with Crippen molar-refractivity contribution in [3.63, 3.8) is 0 Å². The highest BCUT2D eigenvalue weighted by Crippen LogP contribution is 2.40. The highest BCUT2D eigenvalue weighted by molar-refractivity contribution is 5.84. The van der Waals surface area contributed by atoms with Crippen molar-refractivity contribution in [1.82, 2.24) is 14.7 Å². The number of carbonyl (C=O) groups is 2. The molecule has 1 aromatic rings. The molecule has 5 heteroatoms. The van der Waals surface area contributed by atoms with E-state index < -0.39 is 0 Å². The molecule has 2 heterocycles. The topological polar surface area (TPSA) is 43.9 Å². The van der Waals surface area contributed by atoms with Crippen molar-refractivity contribution in [2.75, 3.05) is 46.8 Å². The highest BCUT2D eigenvalue weighted by atomic mass is 16.2. The molecule has 2 aliphatic rings. The summed E-state index contributed by atoms with van der Waals surface area (Å²) in [5.74, 6) is 0.432. The molecule has 2 saturated heterocycles. The van der Waals surface area contributed by atoms with Crippen LogP contribution in [-0.2, 0) is 16.0 Å². The number of benzene rings is 1. The minimum atomic E-state index is -0.252. The zero-order valence-corrected chi connectivity index (χ0v) is 16.1. The van der Waals surface area contributed by atoms with Crippen molar-refractivity contribution < 1.29 is 9.59 Å². The Bertz CT molecular complexity index is 631. The van der Waals surface area contributed by atoms with Gasteiger partial charge in [0.25, 0.3) is 0 Å². The van der Waals surface area contributed by atoms with E-state index in [1.807, 2.05) is 6.07 Å². The minimum absolute atomic E-state index is 0.116. The molecule has 5 nitrogen and oxygen atoms in total. The van der Waals surface area contributed by atoms with Gasteiger partial charge in [-0.1, -0.05) is 30.3 Å². The van der Waals surface area contributed by atoms with E-state index in [1.165, 1.54) is 5.56 Å². The molecule has 1 spiro atoms. The van der Waals surface area contributed by atoms with E-state index in [1.54, 1.807) is 19.0 Å². The van der Waals surface area contributed by atoms with Gasteiger partial charge in [-0.3, -0.25) is 14.5 Å². The third-order valence-corrected chi connectivity index (χ3v) is 5.85. The summed E-state index contributed by atoms with van der Waals surface area (Å²) in [5, 5.41) is 0. The monoisotopic (exact) mass is 357 g/mol. The van der Waals surface area contributed by atoms with E-state index in [2.05, 4.69) is 34.1 Å². The molecule has 1 atom stereocenters. The second-order valence-electron chi connectivity index (χ2n) is 8.01. The first-order valence-electron chi connectivity index (χ1n) is 9.76. The number of hydrogen-bond acceptors (Lipinski definition) is 3. The number of piperidine rings is 1. The average Bonchev–Trinajstić information content (AvgIpc) is 3.03. The van der Waals surface area contributed by atoms with Gasteiger partial charge in [-0.25, -0.2) is 0 Å². The second-order valence-corrected chi connectivity index (χ2v) is 8.01. The van der Waals surface area contributed by atoms with Crippen molar-refractivity contribution in [2.24, 2.45) is 5.41 Å². The SMILES string of the molecule is CN(C)C(=O)CN1CC[C@@]2(CCCN(CCCc3ccccc3)C2=O)C1. The lowest BCUT2D eigenvalue weighted by Gasteiger charge is -2.39. The summed E-state index contributed by atoms with van der Waals surface area (Å²) in [5.41, 5.74) is 1.08. The Morgan fingerprint density at radius 2 is 1.92 bits per heavy atom. The summed E-state index contributed by atoms with van der Waals surface area (Å²) in [6, 6.07) is 10.5. The first-order valence-corrected chi connectivity index (χ1v) is 9.76. The molecule has 0 N–H and O–H groups in total. The molecule has 142 valence electrons. The summed E-state index contributed by atoms with van der Waals surface area (Å²) in [6.07, 6.45) is 4.96. The molecular formula is C21H31N3O2. The molecule has 0 bridgehead atoms. The minimum Gasteiger partial charge on any atom is -0.348 e. The van der Waals surface area contributed by atoms with Crippen molar-refractivity contribution in [3.8, 4) is 0 Å². The smallest absolute Gasteiger partial charge is 0.236 e. The first-order chi connectivity index (χ1) is 12.5. The van der Waals surface area contributed by atoms with E-state index in [0.717, 1.165) is 58.3 Å². The number of hydrogen-bond donors (Lipinski definition) is 0. The Morgan fingerprint density at radius 3 is 2.65 bits per heavy atom. The van der Waals surface area contributed by atoms with Crippen LogP contribution in [0.2, 0.25) is 0 Å². The summed E-state index contributed by atoms with van der Waals surface area (Å²) in [4.78, 5) is 31.0. The number of amides is 2. The molecule has 0 saturated carbocycles. The van der Waals surface area contributed by atoms with Crippen molar-refractivity contribution in [3.05, 3.63) is 35.9 Å². The van der Waals surface area contributed by atoms with Crippen molar-refractivity contribution >= 4 is 11.8 Å². The molecule has 2 amide bonds. The maximum Gasteiger partial charge on any atom is 0.236 e. The zero-order chi connectivity index (χ0) is 18.6. The summed E-state index contributed by atoms with van der Waals surface area (Å²) < 4.78 is 0. The van der Waals surface area contributed by atoms with Crippen LogP contribution in [0.4, 0.5) is 0 Å². The van der Waals surface area contributed by atoms with Crippen molar-refractivity contribution in [1.29, 1.82) is 0 Å². The van der Waals surface area contributed by atoms with Crippen LogP contribution in [-0.4, -0.2) is 73.3 Å². The van der Waals surface area contributed by atoms with E-state index in [9.17, 15) is 9.59 Å². The predicted octanol–water partition coefficient (Wildman–Crippen LogP) is 2.02. The van der Waals surface area contributed by atoms with Crippen LogP contribution in [0.3, 0.4) is 0 Å². The van der Waals surface area contributed by atoms with Gasteiger partial charge < -0.3 is 9.80 Å². The van der Waals surface area contributed by atoms with Gasteiger partial charge in [-0.2, -0.15) is 0 Å². The summed E-state index contributed by atoms with van der Waals surface area (Å²) >= 11 is 0. The Morgan fingerprint density at radius 1 is 1.15 bits per heavy atom. The molecule has 1 aromatic carbocycles. The average molecular weight is 357 g/mol. The van der Waals surface area contributed by atoms with Crippen LogP contribution in [0.15, 0.2) is 30.3 Å².